The number of nitrogens with zero attached hydrogens (tertiary/aromatic N) is 5. The van der Waals surface area contributed by atoms with Gasteiger partial charge in [0.2, 0.25) is 11.9 Å². The van der Waals surface area contributed by atoms with Crippen molar-refractivity contribution in [2.75, 3.05) is 22.6 Å². The zero-order valence-corrected chi connectivity index (χ0v) is 16.3. The van der Waals surface area contributed by atoms with E-state index in [0.717, 1.165) is 11.1 Å². The van der Waals surface area contributed by atoms with Crippen molar-refractivity contribution in [2.45, 2.75) is 32.5 Å². The van der Waals surface area contributed by atoms with Crippen LogP contribution in [0.1, 0.15) is 24.5 Å². The number of hydrogen-bond acceptors (Lipinski definition) is 6. The summed E-state index contributed by atoms with van der Waals surface area (Å²) in [5.41, 5.74) is 2.56. The van der Waals surface area contributed by atoms with Crippen molar-refractivity contribution < 1.29 is 9.18 Å². The Morgan fingerprint density at radius 1 is 1.21 bits per heavy atom. The van der Waals surface area contributed by atoms with Gasteiger partial charge in [0.25, 0.3) is 0 Å². The number of carbonyl (C=O) groups excluding carboxylic acids is 1. The molecule has 2 aromatic heterocycles. The van der Waals surface area contributed by atoms with Crippen molar-refractivity contribution in [1.82, 2.24) is 19.7 Å². The number of hydrogen-bond donors (Lipinski definition) is 2. The molecule has 0 saturated carbocycles. The Hall–Kier alpha value is -3.49. The van der Waals surface area contributed by atoms with Crippen LogP contribution >= 0.6 is 0 Å². The van der Waals surface area contributed by atoms with Crippen LogP contribution in [-0.4, -0.2) is 38.7 Å². The van der Waals surface area contributed by atoms with Crippen LogP contribution in [0.15, 0.2) is 42.9 Å². The molecule has 1 aliphatic heterocycles. The number of aromatic nitrogens is 4. The monoisotopic (exact) mass is 395 g/mol. The Kier molecular flexibility index (Phi) is 5.11. The van der Waals surface area contributed by atoms with E-state index in [1.807, 2.05) is 25.1 Å². The van der Waals surface area contributed by atoms with E-state index in [1.54, 1.807) is 29.2 Å². The lowest BCUT2D eigenvalue weighted by Crippen LogP contribution is -2.46. The van der Waals surface area contributed by atoms with Crippen molar-refractivity contribution in [1.29, 1.82) is 0 Å². The lowest BCUT2D eigenvalue weighted by molar-refractivity contribution is -0.117. The van der Waals surface area contributed by atoms with Crippen LogP contribution < -0.4 is 15.5 Å². The standard InChI is InChI=1S/C20H22FN7O/c1-3-17-19(29)25-16-10-23-20(26-18(16)27(17)2)22-8-14-9-24-28(12-14)11-13-4-6-15(21)7-5-13/h4-7,9-10,12,17H,3,8,11H2,1-2H3,(H,25,29)(H,22,23,26)/t17-/m0/s1. The topological polar surface area (TPSA) is 88.0 Å². The molecule has 1 aromatic carbocycles. The molecule has 9 heteroatoms. The fraction of sp³-hybridized carbons (Fsp3) is 0.300. The highest BCUT2D eigenvalue weighted by molar-refractivity contribution is 6.02. The quantitative estimate of drug-likeness (QED) is 0.667. The van der Waals surface area contributed by atoms with Gasteiger partial charge in [-0.25, -0.2) is 9.37 Å². The SMILES string of the molecule is CC[C@H]1C(=O)Nc2cnc(NCc3cnn(Cc4ccc(F)cc4)c3)nc2N1C. The minimum absolute atomic E-state index is 0.0413. The van der Waals surface area contributed by atoms with Gasteiger partial charge in [0.15, 0.2) is 5.82 Å². The molecule has 0 fully saturated rings. The van der Waals surface area contributed by atoms with Crippen molar-refractivity contribution in [2.24, 2.45) is 0 Å². The molecule has 1 amide bonds. The first-order chi connectivity index (χ1) is 14.0. The third-order valence-corrected chi connectivity index (χ3v) is 4.91. The number of likely N-dealkylation sites (N-methyl/N-ethyl adjacent to an activating group) is 1. The van der Waals surface area contributed by atoms with Crippen molar-refractivity contribution in [3.63, 3.8) is 0 Å². The third-order valence-electron chi connectivity index (χ3n) is 4.91. The normalized spacial score (nSPS) is 15.8. The Morgan fingerprint density at radius 3 is 2.76 bits per heavy atom. The van der Waals surface area contributed by atoms with Crippen LogP contribution in [0.2, 0.25) is 0 Å². The predicted molar refractivity (Wildman–Crippen MR) is 108 cm³/mol. The smallest absolute Gasteiger partial charge is 0.247 e. The van der Waals surface area contributed by atoms with E-state index in [-0.39, 0.29) is 17.8 Å². The highest BCUT2D eigenvalue weighted by Gasteiger charge is 2.30. The fourth-order valence-electron chi connectivity index (χ4n) is 3.36. The maximum atomic E-state index is 13.0. The zero-order valence-electron chi connectivity index (χ0n) is 16.3. The van der Waals surface area contributed by atoms with Gasteiger partial charge in [-0.2, -0.15) is 10.1 Å². The zero-order chi connectivity index (χ0) is 20.4. The minimum atomic E-state index is -0.250. The molecule has 0 unspecified atom stereocenters. The molecule has 1 aliphatic rings. The summed E-state index contributed by atoms with van der Waals surface area (Å²) in [6, 6.07) is 6.13. The Bertz CT molecular complexity index is 1020. The molecule has 1 atom stereocenters. The van der Waals surface area contributed by atoms with Crippen LogP contribution in [0.5, 0.6) is 0 Å². The van der Waals surface area contributed by atoms with Gasteiger partial charge in [-0.05, 0) is 24.1 Å². The molecule has 0 spiro atoms. The molecule has 0 radical (unpaired) electrons. The number of nitrogens with one attached hydrogen (secondary N) is 2. The van der Waals surface area contributed by atoms with Crippen LogP contribution in [0.3, 0.4) is 0 Å². The Morgan fingerprint density at radius 2 is 2.00 bits per heavy atom. The van der Waals surface area contributed by atoms with Crippen molar-refractivity contribution in [3.8, 4) is 0 Å². The second-order valence-electron chi connectivity index (χ2n) is 6.98. The first-order valence-corrected chi connectivity index (χ1v) is 9.44. The van der Waals surface area contributed by atoms with E-state index >= 15 is 0 Å². The first-order valence-electron chi connectivity index (χ1n) is 9.44. The van der Waals surface area contributed by atoms with E-state index in [1.165, 1.54) is 12.1 Å². The van der Waals surface area contributed by atoms with Gasteiger partial charge in [0.05, 0.1) is 18.9 Å². The van der Waals surface area contributed by atoms with Gasteiger partial charge in [-0.1, -0.05) is 19.1 Å². The summed E-state index contributed by atoms with van der Waals surface area (Å²) in [5.74, 6) is 0.883. The second-order valence-corrected chi connectivity index (χ2v) is 6.98. The molecule has 3 aromatic rings. The first kappa shape index (κ1) is 18.9. The molecule has 2 N–H and O–H groups in total. The summed E-state index contributed by atoms with van der Waals surface area (Å²) in [4.78, 5) is 22.8. The summed E-state index contributed by atoms with van der Waals surface area (Å²) in [5, 5.41) is 10.4. The number of amides is 1. The molecule has 150 valence electrons. The molecular weight excluding hydrogens is 373 g/mol. The summed E-state index contributed by atoms with van der Waals surface area (Å²) < 4.78 is 14.8. The molecular formula is C20H22FN7O. The predicted octanol–water partition coefficient (Wildman–Crippen LogP) is 2.64. The largest absolute Gasteiger partial charge is 0.350 e. The number of carbonyl (C=O) groups is 1. The molecule has 0 saturated heterocycles. The van der Waals surface area contributed by atoms with Gasteiger partial charge in [0.1, 0.15) is 17.5 Å². The van der Waals surface area contributed by atoms with E-state index < -0.39 is 0 Å². The second kappa shape index (κ2) is 7.86. The maximum Gasteiger partial charge on any atom is 0.247 e. The van der Waals surface area contributed by atoms with Gasteiger partial charge >= 0.3 is 0 Å². The highest BCUT2D eigenvalue weighted by Crippen LogP contribution is 2.30. The average Bonchev–Trinajstić information content (AvgIpc) is 3.16. The molecule has 3 heterocycles. The van der Waals surface area contributed by atoms with Gasteiger partial charge in [-0.3, -0.25) is 9.48 Å². The molecule has 8 nitrogen and oxygen atoms in total. The number of benzene rings is 1. The van der Waals surface area contributed by atoms with Gasteiger partial charge < -0.3 is 15.5 Å². The Labute approximate surface area is 167 Å². The van der Waals surface area contributed by atoms with Crippen LogP contribution in [-0.2, 0) is 17.9 Å². The highest BCUT2D eigenvalue weighted by atomic mass is 19.1. The molecule has 0 aliphatic carbocycles. The number of anilines is 3. The number of rotatable bonds is 6. The fourth-order valence-corrected chi connectivity index (χ4v) is 3.36. The average molecular weight is 395 g/mol. The molecule has 0 bridgehead atoms. The van der Waals surface area contributed by atoms with E-state index in [9.17, 15) is 9.18 Å². The number of fused-ring (bicyclic) bond motifs is 1. The molecule has 4 rings (SSSR count). The van der Waals surface area contributed by atoms with Crippen molar-refractivity contribution >= 4 is 23.4 Å². The van der Waals surface area contributed by atoms with Crippen LogP contribution in [0.4, 0.5) is 21.8 Å². The summed E-state index contributed by atoms with van der Waals surface area (Å²) in [6.07, 6.45) is 6.01. The van der Waals surface area contributed by atoms with E-state index in [0.29, 0.717) is 37.0 Å². The number of halogens is 1. The summed E-state index contributed by atoms with van der Waals surface area (Å²) in [6.45, 7) is 3.05. The van der Waals surface area contributed by atoms with E-state index in [4.69, 9.17) is 0 Å². The summed E-state index contributed by atoms with van der Waals surface area (Å²) in [7, 11) is 1.86. The van der Waals surface area contributed by atoms with Crippen LogP contribution in [0.25, 0.3) is 0 Å². The van der Waals surface area contributed by atoms with Gasteiger partial charge in [-0.15, -0.1) is 0 Å². The lowest BCUT2D eigenvalue weighted by atomic mass is 10.1. The molecule has 29 heavy (non-hydrogen) atoms. The maximum absolute atomic E-state index is 13.0. The minimum Gasteiger partial charge on any atom is -0.350 e. The van der Waals surface area contributed by atoms with Gasteiger partial charge in [0, 0.05) is 25.4 Å². The third kappa shape index (κ3) is 4.03. The van der Waals surface area contributed by atoms with E-state index in [2.05, 4.69) is 25.7 Å². The summed E-state index contributed by atoms with van der Waals surface area (Å²) >= 11 is 0. The van der Waals surface area contributed by atoms with Crippen LogP contribution in [0, 0.1) is 5.82 Å². The van der Waals surface area contributed by atoms with Crippen molar-refractivity contribution in [3.05, 3.63) is 59.8 Å². The Balaban J connectivity index is 1.41. The lowest BCUT2D eigenvalue weighted by Gasteiger charge is -2.33.